The lowest BCUT2D eigenvalue weighted by Gasteiger charge is -2.29. The van der Waals surface area contributed by atoms with Gasteiger partial charge in [0.1, 0.15) is 0 Å². The first-order valence-electron chi connectivity index (χ1n) is 11.5. The molecule has 0 unspecified atom stereocenters. The highest BCUT2D eigenvalue weighted by atomic mass is 16.5. The summed E-state index contributed by atoms with van der Waals surface area (Å²) in [6, 6.07) is 18.4. The Balaban J connectivity index is 1.26. The average molecular weight is 441 g/mol. The molecule has 0 atom stereocenters. The standard InChI is InChI=1S/C27H28N4O2/c32-27-25-20-29(13-4-7-22-5-2-1-3-6-22)14-12-26(25)28-21-31(27)19-23-8-10-24(11-9-23)30-15-17-33-18-16-30/h1-3,5-6,8-11,21H,12-20H2. The number of hydrogen-bond acceptors (Lipinski definition) is 5. The maximum absolute atomic E-state index is 13.2. The highest BCUT2D eigenvalue weighted by Gasteiger charge is 2.21. The number of rotatable bonds is 4. The third-order valence-electron chi connectivity index (χ3n) is 6.24. The second kappa shape index (κ2) is 10.0. The molecule has 0 bridgehead atoms. The molecule has 0 saturated carbocycles. The molecular weight excluding hydrogens is 412 g/mol. The molecule has 2 aliphatic rings. The first-order chi connectivity index (χ1) is 16.3. The van der Waals surface area contributed by atoms with E-state index in [-0.39, 0.29) is 5.56 Å². The number of aromatic nitrogens is 2. The Morgan fingerprint density at radius 1 is 0.970 bits per heavy atom. The van der Waals surface area contributed by atoms with Crippen molar-refractivity contribution in [2.24, 2.45) is 0 Å². The van der Waals surface area contributed by atoms with Gasteiger partial charge in [-0.2, -0.15) is 0 Å². The number of ether oxygens (including phenoxy) is 1. The van der Waals surface area contributed by atoms with Crippen LogP contribution >= 0.6 is 0 Å². The van der Waals surface area contributed by atoms with Crippen molar-refractivity contribution in [2.75, 3.05) is 44.3 Å². The Bertz CT molecular complexity index is 1200. The lowest BCUT2D eigenvalue weighted by Crippen LogP contribution is -2.38. The van der Waals surface area contributed by atoms with Crippen molar-refractivity contribution >= 4 is 5.69 Å². The molecule has 6 nitrogen and oxygen atoms in total. The van der Waals surface area contributed by atoms with E-state index in [0.717, 1.165) is 61.7 Å². The first-order valence-corrected chi connectivity index (χ1v) is 11.5. The van der Waals surface area contributed by atoms with Crippen molar-refractivity contribution in [3.05, 3.63) is 93.7 Å². The third kappa shape index (κ3) is 5.16. The molecule has 1 saturated heterocycles. The fourth-order valence-corrected chi connectivity index (χ4v) is 4.36. The minimum absolute atomic E-state index is 0.0537. The van der Waals surface area contributed by atoms with Gasteiger partial charge in [-0.3, -0.25) is 14.3 Å². The minimum atomic E-state index is 0.0537. The molecule has 6 heteroatoms. The summed E-state index contributed by atoms with van der Waals surface area (Å²) >= 11 is 0. The molecule has 5 rings (SSSR count). The van der Waals surface area contributed by atoms with Crippen molar-refractivity contribution in [1.29, 1.82) is 0 Å². The summed E-state index contributed by atoms with van der Waals surface area (Å²) in [5.74, 6) is 6.44. The number of hydrogen-bond donors (Lipinski definition) is 0. The van der Waals surface area contributed by atoms with E-state index in [4.69, 9.17) is 4.74 Å². The third-order valence-corrected chi connectivity index (χ3v) is 6.24. The van der Waals surface area contributed by atoms with E-state index in [2.05, 4.69) is 50.9 Å². The van der Waals surface area contributed by atoms with Gasteiger partial charge in [0.25, 0.3) is 5.56 Å². The molecule has 1 fully saturated rings. The Kier molecular flexibility index (Phi) is 6.52. The lowest BCUT2D eigenvalue weighted by atomic mass is 10.1. The molecule has 33 heavy (non-hydrogen) atoms. The number of benzene rings is 2. The van der Waals surface area contributed by atoms with Crippen LogP contribution in [-0.4, -0.2) is 53.8 Å². The monoisotopic (exact) mass is 440 g/mol. The summed E-state index contributed by atoms with van der Waals surface area (Å²) in [6.45, 7) is 6.01. The van der Waals surface area contributed by atoms with E-state index in [1.807, 2.05) is 30.3 Å². The van der Waals surface area contributed by atoms with Gasteiger partial charge in [-0.15, -0.1) is 0 Å². The maximum atomic E-state index is 13.2. The maximum Gasteiger partial charge on any atom is 0.258 e. The fourth-order valence-electron chi connectivity index (χ4n) is 4.36. The van der Waals surface area contributed by atoms with E-state index >= 15 is 0 Å². The second-order valence-electron chi connectivity index (χ2n) is 8.50. The van der Waals surface area contributed by atoms with Crippen molar-refractivity contribution in [2.45, 2.75) is 19.5 Å². The number of nitrogens with zero attached hydrogens (tertiary/aromatic N) is 4. The molecule has 1 aromatic heterocycles. The topological polar surface area (TPSA) is 50.6 Å². The zero-order chi connectivity index (χ0) is 22.5. The van der Waals surface area contributed by atoms with E-state index in [9.17, 15) is 4.79 Å². The van der Waals surface area contributed by atoms with Gasteiger partial charge in [0.2, 0.25) is 0 Å². The number of anilines is 1. The van der Waals surface area contributed by atoms with E-state index in [0.29, 0.717) is 19.6 Å². The van der Waals surface area contributed by atoms with E-state index < -0.39 is 0 Å². The van der Waals surface area contributed by atoms with E-state index in [1.54, 1.807) is 10.9 Å². The van der Waals surface area contributed by atoms with Crippen LogP contribution in [0, 0.1) is 11.8 Å². The Morgan fingerprint density at radius 3 is 2.55 bits per heavy atom. The molecule has 0 spiro atoms. The molecular formula is C27H28N4O2. The van der Waals surface area contributed by atoms with Crippen LogP contribution in [0.5, 0.6) is 0 Å². The lowest BCUT2D eigenvalue weighted by molar-refractivity contribution is 0.122. The normalized spacial score (nSPS) is 16.1. The zero-order valence-electron chi connectivity index (χ0n) is 18.7. The van der Waals surface area contributed by atoms with Gasteiger partial charge in [-0.1, -0.05) is 42.2 Å². The predicted octanol–water partition coefficient (Wildman–Crippen LogP) is 2.54. The smallest absolute Gasteiger partial charge is 0.258 e. The largest absolute Gasteiger partial charge is 0.378 e. The van der Waals surface area contributed by atoms with Gasteiger partial charge in [-0.25, -0.2) is 4.98 Å². The molecule has 0 aliphatic carbocycles. The summed E-state index contributed by atoms with van der Waals surface area (Å²) in [5, 5.41) is 0. The number of fused-ring (bicyclic) bond motifs is 1. The van der Waals surface area contributed by atoms with Crippen LogP contribution in [0.1, 0.15) is 22.4 Å². The molecule has 2 aromatic carbocycles. The number of morpholine rings is 1. The van der Waals surface area contributed by atoms with Crippen LogP contribution in [0.3, 0.4) is 0 Å². The van der Waals surface area contributed by atoms with Gasteiger partial charge in [-0.05, 0) is 29.8 Å². The summed E-state index contributed by atoms with van der Waals surface area (Å²) in [6.07, 6.45) is 2.48. The van der Waals surface area contributed by atoms with Crippen LogP contribution in [0.2, 0.25) is 0 Å². The van der Waals surface area contributed by atoms with Gasteiger partial charge in [0.05, 0.1) is 43.9 Å². The van der Waals surface area contributed by atoms with Crippen LogP contribution < -0.4 is 10.5 Å². The first kappa shape index (κ1) is 21.4. The molecule has 2 aliphatic heterocycles. The van der Waals surface area contributed by atoms with Crippen molar-refractivity contribution in [1.82, 2.24) is 14.5 Å². The summed E-state index contributed by atoms with van der Waals surface area (Å²) in [5.41, 5.74) is 5.08. The van der Waals surface area contributed by atoms with Crippen molar-refractivity contribution in [3.63, 3.8) is 0 Å². The predicted molar refractivity (Wildman–Crippen MR) is 129 cm³/mol. The van der Waals surface area contributed by atoms with Gasteiger partial charge in [0.15, 0.2) is 0 Å². The van der Waals surface area contributed by atoms with Gasteiger partial charge < -0.3 is 9.64 Å². The second-order valence-corrected chi connectivity index (χ2v) is 8.50. The van der Waals surface area contributed by atoms with Crippen LogP contribution in [0.25, 0.3) is 0 Å². The van der Waals surface area contributed by atoms with Crippen LogP contribution in [-0.2, 0) is 24.2 Å². The summed E-state index contributed by atoms with van der Waals surface area (Å²) in [7, 11) is 0. The SMILES string of the molecule is O=c1c2c(ncn1Cc1ccc(N3CCOCC3)cc1)CCN(CC#Cc1ccccc1)C2. The molecule has 168 valence electrons. The molecule has 0 amide bonds. The molecule has 0 N–H and O–H groups in total. The zero-order valence-corrected chi connectivity index (χ0v) is 18.7. The fraction of sp³-hybridized carbons (Fsp3) is 0.333. The van der Waals surface area contributed by atoms with Gasteiger partial charge >= 0.3 is 0 Å². The average Bonchev–Trinajstić information content (AvgIpc) is 2.88. The van der Waals surface area contributed by atoms with Crippen molar-refractivity contribution < 1.29 is 4.74 Å². The Hall–Kier alpha value is -3.40. The van der Waals surface area contributed by atoms with Crippen LogP contribution in [0.4, 0.5) is 5.69 Å². The summed E-state index contributed by atoms with van der Waals surface area (Å²) < 4.78 is 7.16. The Morgan fingerprint density at radius 2 is 1.76 bits per heavy atom. The highest BCUT2D eigenvalue weighted by Crippen LogP contribution is 2.18. The van der Waals surface area contributed by atoms with Crippen molar-refractivity contribution in [3.8, 4) is 11.8 Å². The van der Waals surface area contributed by atoms with Crippen LogP contribution in [0.15, 0.2) is 65.7 Å². The molecule has 3 aromatic rings. The summed E-state index contributed by atoms with van der Waals surface area (Å²) in [4.78, 5) is 22.4. The van der Waals surface area contributed by atoms with E-state index in [1.165, 1.54) is 5.69 Å². The minimum Gasteiger partial charge on any atom is -0.378 e. The molecule has 3 heterocycles. The molecule has 0 radical (unpaired) electrons. The Labute approximate surface area is 194 Å². The quantitative estimate of drug-likeness (QED) is 0.584. The highest BCUT2D eigenvalue weighted by molar-refractivity contribution is 5.48. The van der Waals surface area contributed by atoms with Gasteiger partial charge in [0, 0.05) is 43.9 Å².